The Kier molecular flexibility index (Phi) is 7.13. The molecule has 0 radical (unpaired) electrons. The topological polar surface area (TPSA) is 78.9 Å². The van der Waals surface area contributed by atoms with Crippen LogP contribution >= 0.6 is 11.6 Å². The minimum absolute atomic E-state index is 0.0218. The SMILES string of the molecule is COC(=O)C1(C(=O)OC)C[C@@H](c2ccc(C)cc2)OC[C@H]1CC(=O)c1ccc(Cl)cc1. The summed E-state index contributed by atoms with van der Waals surface area (Å²) in [7, 11) is 2.45. The van der Waals surface area contributed by atoms with E-state index < -0.39 is 29.4 Å². The quantitative estimate of drug-likeness (QED) is 0.375. The monoisotopic (exact) mass is 444 g/mol. The van der Waals surface area contributed by atoms with E-state index in [1.54, 1.807) is 24.3 Å². The second-order valence-corrected chi connectivity index (χ2v) is 8.16. The third kappa shape index (κ3) is 4.65. The van der Waals surface area contributed by atoms with Crippen LogP contribution in [0.15, 0.2) is 48.5 Å². The number of rotatable bonds is 6. The molecule has 1 heterocycles. The van der Waals surface area contributed by atoms with Gasteiger partial charge < -0.3 is 14.2 Å². The predicted octanol–water partition coefficient (Wildman–Crippen LogP) is 4.33. The first kappa shape index (κ1) is 23.0. The Morgan fingerprint density at radius 3 is 2.13 bits per heavy atom. The Labute approximate surface area is 186 Å². The summed E-state index contributed by atoms with van der Waals surface area (Å²) in [6.07, 6.45) is -0.568. The predicted molar refractivity (Wildman–Crippen MR) is 115 cm³/mol. The van der Waals surface area contributed by atoms with Gasteiger partial charge in [0, 0.05) is 29.3 Å². The summed E-state index contributed by atoms with van der Waals surface area (Å²) < 4.78 is 16.1. The summed E-state index contributed by atoms with van der Waals surface area (Å²) in [5.74, 6) is -2.42. The fourth-order valence-corrected chi connectivity index (χ4v) is 4.17. The summed E-state index contributed by atoms with van der Waals surface area (Å²) in [4.78, 5) is 38.9. The van der Waals surface area contributed by atoms with Crippen molar-refractivity contribution in [1.82, 2.24) is 0 Å². The van der Waals surface area contributed by atoms with Gasteiger partial charge in [-0.1, -0.05) is 41.4 Å². The lowest BCUT2D eigenvalue weighted by Crippen LogP contribution is -2.53. The van der Waals surface area contributed by atoms with Crippen molar-refractivity contribution >= 4 is 29.3 Å². The highest BCUT2D eigenvalue weighted by molar-refractivity contribution is 6.30. The highest BCUT2D eigenvalue weighted by atomic mass is 35.5. The van der Waals surface area contributed by atoms with E-state index in [0.717, 1.165) is 11.1 Å². The average molecular weight is 445 g/mol. The van der Waals surface area contributed by atoms with E-state index in [2.05, 4.69) is 0 Å². The maximum Gasteiger partial charge on any atom is 0.323 e. The Morgan fingerprint density at radius 1 is 1.00 bits per heavy atom. The molecule has 2 aromatic carbocycles. The molecule has 1 fully saturated rings. The molecule has 164 valence electrons. The molecule has 1 aliphatic rings. The van der Waals surface area contributed by atoms with E-state index in [1.807, 2.05) is 31.2 Å². The second-order valence-electron chi connectivity index (χ2n) is 7.72. The molecule has 6 nitrogen and oxygen atoms in total. The van der Waals surface area contributed by atoms with Crippen molar-refractivity contribution in [2.45, 2.75) is 25.9 Å². The number of esters is 2. The highest BCUT2D eigenvalue weighted by Gasteiger charge is 2.58. The van der Waals surface area contributed by atoms with Crippen LogP contribution in [0.3, 0.4) is 0 Å². The van der Waals surface area contributed by atoms with Crippen molar-refractivity contribution in [3.05, 3.63) is 70.2 Å². The van der Waals surface area contributed by atoms with Crippen molar-refractivity contribution in [2.75, 3.05) is 20.8 Å². The zero-order valence-electron chi connectivity index (χ0n) is 17.7. The summed E-state index contributed by atoms with van der Waals surface area (Å²) in [6, 6.07) is 14.1. The molecule has 1 aliphatic heterocycles. The lowest BCUT2D eigenvalue weighted by atomic mass is 9.67. The zero-order valence-corrected chi connectivity index (χ0v) is 18.5. The molecular weight excluding hydrogens is 420 g/mol. The maximum atomic E-state index is 13.0. The van der Waals surface area contributed by atoms with Gasteiger partial charge in [0.15, 0.2) is 11.2 Å². The molecular formula is C24H25ClO6. The molecule has 0 amide bonds. The first-order valence-electron chi connectivity index (χ1n) is 9.95. The van der Waals surface area contributed by atoms with Gasteiger partial charge in [-0.15, -0.1) is 0 Å². The molecule has 0 saturated carbocycles. The summed E-state index contributed by atoms with van der Waals surface area (Å²) in [6.45, 7) is 2.00. The summed E-state index contributed by atoms with van der Waals surface area (Å²) >= 11 is 5.90. The van der Waals surface area contributed by atoms with Crippen LogP contribution in [0.1, 0.15) is 40.4 Å². The van der Waals surface area contributed by atoms with Crippen LogP contribution in [-0.4, -0.2) is 38.5 Å². The van der Waals surface area contributed by atoms with E-state index in [0.29, 0.717) is 10.6 Å². The Hall–Kier alpha value is -2.70. The van der Waals surface area contributed by atoms with Crippen molar-refractivity contribution < 1.29 is 28.6 Å². The van der Waals surface area contributed by atoms with Gasteiger partial charge in [-0.2, -0.15) is 0 Å². The van der Waals surface area contributed by atoms with Gasteiger partial charge in [0.1, 0.15) is 0 Å². The molecule has 0 aliphatic carbocycles. The number of hydrogen-bond donors (Lipinski definition) is 0. The van der Waals surface area contributed by atoms with E-state index in [9.17, 15) is 14.4 Å². The van der Waals surface area contributed by atoms with Crippen LogP contribution in [0.4, 0.5) is 0 Å². The summed E-state index contributed by atoms with van der Waals surface area (Å²) in [5.41, 5.74) is 0.705. The third-order valence-corrected chi connectivity index (χ3v) is 6.10. The molecule has 1 saturated heterocycles. The van der Waals surface area contributed by atoms with E-state index in [1.165, 1.54) is 14.2 Å². The third-order valence-electron chi connectivity index (χ3n) is 5.85. The molecule has 2 aromatic rings. The minimum Gasteiger partial charge on any atom is -0.468 e. The van der Waals surface area contributed by atoms with Gasteiger partial charge in [-0.25, -0.2) is 0 Å². The first-order chi connectivity index (χ1) is 14.8. The van der Waals surface area contributed by atoms with Crippen LogP contribution in [0, 0.1) is 18.3 Å². The van der Waals surface area contributed by atoms with Crippen molar-refractivity contribution in [1.29, 1.82) is 0 Å². The number of benzene rings is 2. The van der Waals surface area contributed by atoms with Crippen molar-refractivity contribution in [3.63, 3.8) is 0 Å². The molecule has 0 unspecified atom stereocenters. The normalized spacial score (nSPS) is 20.0. The standard InChI is InChI=1S/C24H25ClO6/c1-15-4-6-17(7-5-15)21-13-24(22(27)29-2,23(28)30-3)18(14-31-21)12-20(26)16-8-10-19(25)11-9-16/h4-11,18,21H,12-14H2,1-3H3/t18-,21+/m1/s1. The highest BCUT2D eigenvalue weighted by Crippen LogP contribution is 2.47. The molecule has 0 N–H and O–H groups in total. The van der Waals surface area contributed by atoms with Crippen LogP contribution in [0.2, 0.25) is 5.02 Å². The van der Waals surface area contributed by atoms with Gasteiger partial charge in [-0.05, 0) is 36.8 Å². The number of ketones is 1. The number of aryl methyl sites for hydroxylation is 1. The molecule has 0 bridgehead atoms. The lowest BCUT2D eigenvalue weighted by molar-refractivity contribution is -0.189. The molecule has 7 heteroatoms. The Balaban J connectivity index is 1.95. The number of carbonyl (C=O) groups is 3. The van der Waals surface area contributed by atoms with E-state index >= 15 is 0 Å². The largest absolute Gasteiger partial charge is 0.468 e. The van der Waals surface area contributed by atoms with Crippen LogP contribution in [0.5, 0.6) is 0 Å². The number of halogens is 1. The molecule has 3 rings (SSSR count). The van der Waals surface area contributed by atoms with Crippen molar-refractivity contribution in [2.24, 2.45) is 11.3 Å². The van der Waals surface area contributed by atoms with Gasteiger partial charge in [0.05, 0.1) is 26.9 Å². The van der Waals surface area contributed by atoms with Gasteiger partial charge >= 0.3 is 11.9 Å². The fraction of sp³-hybridized carbons (Fsp3) is 0.375. The van der Waals surface area contributed by atoms with Crippen molar-refractivity contribution in [3.8, 4) is 0 Å². The number of carbonyl (C=O) groups excluding carboxylic acids is 3. The minimum atomic E-state index is -1.65. The first-order valence-corrected chi connectivity index (χ1v) is 10.3. The molecule has 0 spiro atoms. The van der Waals surface area contributed by atoms with E-state index in [-0.39, 0.29) is 25.2 Å². The number of hydrogen-bond acceptors (Lipinski definition) is 6. The van der Waals surface area contributed by atoms with Crippen LogP contribution in [-0.2, 0) is 23.8 Å². The van der Waals surface area contributed by atoms with Gasteiger partial charge in [0.25, 0.3) is 0 Å². The maximum absolute atomic E-state index is 13.0. The zero-order chi connectivity index (χ0) is 22.6. The second kappa shape index (κ2) is 9.62. The van der Waals surface area contributed by atoms with Crippen LogP contribution in [0.25, 0.3) is 0 Å². The summed E-state index contributed by atoms with van der Waals surface area (Å²) in [5, 5.41) is 0.511. The molecule has 31 heavy (non-hydrogen) atoms. The van der Waals surface area contributed by atoms with E-state index in [4.69, 9.17) is 25.8 Å². The Bertz CT molecular complexity index is 935. The van der Waals surface area contributed by atoms with Gasteiger partial charge in [-0.3, -0.25) is 14.4 Å². The lowest BCUT2D eigenvalue weighted by Gasteiger charge is -2.42. The Morgan fingerprint density at radius 2 is 1.58 bits per heavy atom. The number of methoxy groups -OCH3 is 2. The molecule has 0 aromatic heterocycles. The fourth-order valence-electron chi connectivity index (χ4n) is 4.05. The number of ether oxygens (including phenoxy) is 3. The molecule has 2 atom stereocenters. The smallest absolute Gasteiger partial charge is 0.323 e. The van der Waals surface area contributed by atoms with Crippen LogP contribution < -0.4 is 0 Å². The average Bonchev–Trinajstić information content (AvgIpc) is 2.79. The van der Waals surface area contributed by atoms with Gasteiger partial charge in [0.2, 0.25) is 0 Å². The number of Topliss-reactive ketones (excluding diaryl/α,β-unsaturated/α-hetero) is 1.